The third-order valence-corrected chi connectivity index (χ3v) is 4.94. The third-order valence-electron chi connectivity index (χ3n) is 1.64. The highest BCUT2D eigenvalue weighted by Gasteiger charge is 2.22. The fraction of sp³-hybridized carbons (Fsp3) is 0.143. The van der Waals surface area contributed by atoms with E-state index in [1.165, 1.54) is 18.2 Å². The summed E-state index contributed by atoms with van der Waals surface area (Å²) in [6, 6.07) is 4.25. The lowest BCUT2D eigenvalue weighted by Crippen LogP contribution is -2.28. The van der Waals surface area contributed by atoms with Gasteiger partial charge in [-0.05, 0) is 34.1 Å². The number of nitrogens with two attached hydrogens (primary N) is 1. The van der Waals surface area contributed by atoms with E-state index in [9.17, 15) is 16.8 Å². The van der Waals surface area contributed by atoms with Crippen LogP contribution < -0.4 is 9.44 Å². The van der Waals surface area contributed by atoms with Crippen molar-refractivity contribution in [2.24, 2.45) is 0 Å². The molecule has 0 spiro atoms. The zero-order valence-electron chi connectivity index (χ0n) is 8.12. The predicted molar refractivity (Wildman–Crippen MR) is 66.2 cm³/mol. The quantitative estimate of drug-likeness (QED) is 0.615. The van der Waals surface area contributed by atoms with Crippen molar-refractivity contribution in [3.8, 4) is 0 Å². The van der Waals surface area contributed by atoms with Crippen LogP contribution in [0.4, 0.5) is 11.4 Å². The first-order valence-electron chi connectivity index (χ1n) is 3.93. The summed E-state index contributed by atoms with van der Waals surface area (Å²) in [5, 5.41) is 0. The second-order valence-electron chi connectivity index (χ2n) is 2.95. The molecule has 1 rings (SSSR count). The van der Waals surface area contributed by atoms with Crippen LogP contribution in [0, 0.1) is 0 Å². The summed E-state index contributed by atoms with van der Waals surface area (Å²) in [6.45, 7) is 0. The van der Waals surface area contributed by atoms with E-state index >= 15 is 0 Å². The summed E-state index contributed by atoms with van der Waals surface area (Å²) in [5.41, 5.74) is 5.71. The Kier molecular flexibility index (Phi) is 3.81. The SMILES string of the molecule is CS(=O)(=O)N(c1cc(N)ccc1Br)[SH](=O)=O. The number of nitrogen functional groups attached to an aromatic ring is 1. The van der Waals surface area contributed by atoms with E-state index in [-0.39, 0.29) is 11.4 Å². The van der Waals surface area contributed by atoms with E-state index < -0.39 is 20.9 Å². The fourth-order valence-electron chi connectivity index (χ4n) is 1.06. The fourth-order valence-corrected chi connectivity index (χ4v) is 3.56. The molecule has 0 saturated heterocycles. The van der Waals surface area contributed by atoms with Crippen molar-refractivity contribution >= 4 is 48.2 Å². The van der Waals surface area contributed by atoms with Gasteiger partial charge in [0.15, 0.2) is 0 Å². The van der Waals surface area contributed by atoms with Gasteiger partial charge in [0.2, 0.25) is 20.9 Å². The molecule has 0 saturated carbocycles. The van der Waals surface area contributed by atoms with Crippen LogP contribution in [0.5, 0.6) is 0 Å². The molecule has 1 aromatic rings. The Morgan fingerprint density at radius 3 is 2.38 bits per heavy atom. The molecular weight excluding hydrogens is 320 g/mol. The van der Waals surface area contributed by atoms with E-state index in [2.05, 4.69) is 15.9 Å². The van der Waals surface area contributed by atoms with Crippen molar-refractivity contribution in [2.45, 2.75) is 0 Å². The molecule has 9 heteroatoms. The second kappa shape index (κ2) is 4.60. The van der Waals surface area contributed by atoms with Crippen LogP contribution in [0.15, 0.2) is 22.7 Å². The Hall–Kier alpha value is -0.800. The Morgan fingerprint density at radius 1 is 1.38 bits per heavy atom. The number of nitrogens with zero attached hydrogens (tertiary/aromatic N) is 1. The molecule has 0 heterocycles. The first-order valence-corrected chi connectivity index (χ1v) is 7.70. The normalized spacial score (nSPS) is 11.7. The molecule has 0 fully saturated rings. The van der Waals surface area contributed by atoms with Crippen LogP contribution in [-0.4, -0.2) is 23.1 Å². The monoisotopic (exact) mass is 328 g/mol. The summed E-state index contributed by atoms with van der Waals surface area (Å²) >= 11 is 3.06. The molecule has 0 aliphatic rings. The van der Waals surface area contributed by atoms with Crippen molar-refractivity contribution < 1.29 is 16.8 Å². The van der Waals surface area contributed by atoms with Gasteiger partial charge in [-0.2, -0.15) is 3.71 Å². The van der Waals surface area contributed by atoms with E-state index in [0.717, 1.165) is 6.26 Å². The summed E-state index contributed by atoms with van der Waals surface area (Å²) in [6.07, 6.45) is 0.799. The molecule has 0 atom stereocenters. The molecule has 6 nitrogen and oxygen atoms in total. The number of hydrogen-bond donors (Lipinski definition) is 2. The summed E-state index contributed by atoms with van der Waals surface area (Å²) in [4.78, 5) is 0. The van der Waals surface area contributed by atoms with Gasteiger partial charge in [0.1, 0.15) is 0 Å². The van der Waals surface area contributed by atoms with Gasteiger partial charge in [0, 0.05) is 10.2 Å². The van der Waals surface area contributed by atoms with Crippen LogP contribution in [0.25, 0.3) is 0 Å². The van der Waals surface area contributed by atoms with Gasteiger partial charge in [-0.15, -0.1) is 0 Å². The van der Waals surface area contributed by atoms with E-state index in [0.29, 0.717) is 8.18 Å². The molecule has 0 amide bonds. The first-order chi connectivity index (χ1) is 7.23. The van der Waals surface area contributed by atoms with Crippen LogP contribution in [-0.2, 0) is 20.9 Å². The summed E-state index contributed by atoms with van der Waals surface area (Å²) in [7, 11) is -7.20. The maximum atomic E-state index is 11.3. The van der Waals surface area contributed by atoms with Gasteiger partial charge < -0.3 is 5.73 Å². The lowest BCUT2D eigenvalue weighted by atomic mass is 10.3. The highest BCUT2D eigenvalue weighted by atomic mass is 79.9. The minimum Gasteiger partial charge on any atom is -0.399 e. The first kappa shape index (κ1) is 13.3. The average Bonchev–Trinajstić information content (AvgIpc) is 2.08. The maximum Gasteiger partial charge on any atom is 0.245 e. The molecule has 90 valence electrons. The molecular formula is C7H9BrN2O4S2. The van der Waals surface area contributed by atoms with Gasteiger partial charge in [-0.1, -0.05) is 0 Å². The van der Waals surface area contributed by atoms with Crippen LogP contribution in [0.3, 0.4) is 0 Å². The molecule has 16 heavy (non-hydrogen) atoms. The number of halogens is 1. The maximum absolute atomic E-state index is 11.3. The van der Waals surface area contributed by atoms with Gasteiger partial charge >= 0.3 is 0 Å². The summed E-state index contributed by atoms with van der Waals surface area (Å²) < 4.78 is 45.1. The van der Waals surface area contributed by atoms with Crippen molar-refractivity contribution in [1.82, 2.24) is 0 Å². The molecule has 0 aliphatic heterocycles. The van der Waals surface area contributed by atoms with E-state index in [1.807, 2.05) is 0 Å². The zero-order valence-corrected chi connectivity index (χ0v) is 11.4. The minimum absolute atomic E-state index is 0.0291. The van der Waals surface area contributed by atoms with Gasteiger partial charge in [-0.3, -0.25) is 0 Å². The molecule has 0 aromatic heterocycles. The lowest BCUT2D eigenvalue weighted by molar-refractivity contribution is 0.596. The smallest absolute Gasteiger partial charge is 0.245 e. The predicted octanol–water partition coefficient (Wildman–Crippen LogP) is 0.324. The number of rotatable bonds is 3. The van der Waals surface area contributed by atoms with Crippen LogP contribution in [0.1, 0.15) is 0 Å². The van der Waals surface area contributed by atoms with Crippen molar-refractivity contribution in [2.75, 3.05) is 15.7 Å². The highest BCUT2D eigenvalue weighted by molar-refractivity contribution is 9.10. The lowest BCUT2D eigenvalue weighted by Gasteiger charge is -2.16. The van der Waals surface area contributed by atoms with Crippen molar-refractivity contribution in [3.05, 3.63) is 22.7 Å². The van der Waals surface area contributed by atoms with Crippen LogP contribution >= 0.6 is 15.9 Å². The Balaban J connectivity index is 3.50. The zero-order chi connectivity index (χ0) is 12.5. The molecule has 0 unspecified atom stereocenters. The standard InChI is InChI=1S/C7H9BrN2O4S2/c1-16(13,14)10(15(11)12)7-4-5(9)2-3-6(7)8/h2-4,15H,9H2,1H3. The Labute approximate surface area is 103 Å². The van der Waals surface area contributed by atoms with Gasteiger partial charge in [0.25, 0.3) is 0 Å². The summed E-state index contributed by atoms with van der Waals surface area (Å²) in [5.74, 6) is 0. The molecule has 0 bridgehead atoms. The second-order valence-corrected chi connectivity index (χ2v) is 6.79. The number of sulfonamides is 1. The largest absolute Gasteiger partial charge is 0.399 e. The van der Waals surface area contributed by atoms with Gasteiger partial charge in [-0.25, -0.2) is 16.8 Å². The number of thiol groups is 1. The van der Waals surface area contributed by atoms with Gasteiger partial charge in [0.05, 0.1) is 11.9 Å². The van der Waals surface area contributed by atoms with E-state index in [4.69, 9.17) is 5.73 Å². The topological polar surface area (TPSA) is 97.5 Å². The number of anilines is 2. The van der Waals surface area contributed by atoms with Crippen molar-refractivity contribution in [1.29, 1.82) is 0 Å². The van der Waals surface area contributed by atoms with Crippen molar-refractivity contribution in [3.63, 3.8) is 0 Å². The Bertz CT molecular complexity index is 574. The molecule has 0 aliphatic carbocycles. The third kappa shape index (κ3) is 2.86. The van der Waals surface area contributed by atoms with Crippen LogP contribution in [0.2, 0.25) is 0 Å². The van der Waals surface area contributed by atoms with E-state index in [1.54, 1.807) is 0 Å². The minimum atomic E-state index is -3.90. The highest BCUT2D eigenvalue weighted by Crippen LogP contribution is 2.30. The molecule has 1 aromatic carbocycles. The Morgan fingerprint density at radius 2 is 1.94 bits per heavy atom. The number of benzene rings is 1. The molecule has 2 N–H and O–H groups in total. The number of hydrogen-bond acceptors (Lipinski definition) is 5. The average molecular weight is 329 g/mol. The molecule has 0 radical (unpaired) electrons.